The molecule has 8 rings (SSSR count). The Bertz CT molecular complexity index is 1800. The highest BCUT2D eigenvalue weighted by atomic mass is 35.5. The summed E-state index contributed by atoms with van der Waals surface area (Å²) in [5.74, 6) is 0.397. The van der Waals surface area contributed by atoms with Crippen molar-refractivity contribution < 1.29 is 14.2 Å². The van der Waals surface area contributed by atoms with Crippen molar-refractivity contribution >= 4 is 45.0 Å². The smallest absolute Gasteiger partial charge is 0.226 e. The van der Waals surface area contributed by atoms with E-state index >= 15 is 4.39 Å². The SMILES string of the molecule is Cc1c(F)c2c(OC(C)[C@@H]3CCCN3C)nc3cc(-c4cc(O)cc(Cl)c4Cl)c(CCC#N)cc3c2n1[C@H]1[C@H]2CN[C@@H]1C2. The number of nitrogens with one attached hydrogen (secondary N) is 1. The Morgan fingerprint density at radius 2 is 2.07 bits per heavy atom. The molecular formula is C33H34Cl2FN5O2. The van der Waals surface area contributed by atoms with Crippen LogP contribution in [0.5, 0.6) is 11.6 Å². The van der Waals surface area contributed by atoms with Crippen molar-refractivity contribution in [3.8, 4) is 28.8 Å². The number of halogens is 3. The third-order valence-corrected chi connectivity index (χ3v) is 10.7. The van der Waals surface area contributed by atoms with Crippen LogP contribution in [0, 0.1) is 30.0 Å². The first-order chi connectivity index (χ1) is 20.7. The van der Waals surface area contributed by atoms with Crippen LogP contribution in [0.3, 0.4) is 0 Å². The molecule has 2 aromatic heterocycles. The summed E-state index contributed by atoms with van der Waals surface area (Å²) in [5.41, 5.74) is 4.08. The molecule has 1 aliphatic carbocycles. The van der Waals surface area contributed by atoms with Gasteiger partial charge in [0.2, 0.25) is 5.88 Å². The lowest BCUT2D eigenvalue weighted by atomic mass is 9.79. The molecule has 3 saturated heterocycles. The van der Waals surface area contributed by atoms with Gasteiger partial charge in [0.1, 0.15) is 11.9 Å². The van der Waals surface area contributed by atoms with Gasteiger partial charge in [-0.25, -0.2) is 9.37 Å². The van der Waals surface area contributed by atoms with Crippen molar-refractivity contribution in [3.63, 3.8) is 0 Å². The summed E-state index contributed by atoms with van der Waals surface area (Å²) < 4.78 is 25.2. The van der Waals surface area contributed by atoms with Crippen molar-refractivity contribution in [3.05, 3.63) is 51.4 Å². The summed E-state index contributed by atoms with van der Waals surface area (Å²) in [4.78, 5) is 7.27. The molecule has 0 amide bonds. The second kappa shape index (κ2) is 10.8. The van der Waals surface area contributed by atoms with Gasteiger partial charge in [0.15, 0.2) is 5.82 Å². The number of hydrogen-bond donors (Lipinski definition) is 2. The Morgan fingerprint density at radius 3 is 2.74 bits per heavy atom. The molecule has 0 radical (unpaired) electrons. The number of phenols is 1. The lowest BCUT2D eigenvalue weighted by molar-refractivity contribution is 0.119. The predicted octanol–water partition coefficient (Wildman–Crippen LogP) is 7.17. The Morgan fingerprint density at radius 1 is 1.26 bits per heavy atom. The van der Waals surface area contributed by atoms with E-state index in [1.54, 1.807) is 6.07 Å². The average Bonchev–Trinajstić information content (AvgIpc) is 3.76. The number of likely N-dealkylation sites (N-methyl/N-ethyl adjacent to an activating group) is 1. The van der Waals surface area contributed by atoms with Crippen LogP contribution < -0.4 is 10.1 Å². The van der Waals surface area contributed by atoms with Crippen LogP contribution in [-0.4, -0.2) is 57.9 Å². The zero-order valence-electron chi connectivity index (χ0n) is 24.4. The summed E-state index contributed by atoms with van der Waals surface area (Å²) in [6, 6.07) is 9.78. The summed E-state index contributed by atoms with van der Waals surface area (Å²) in [5, 5.41) is 25.2. The van der Waals surface area contributed by atoms with E-state index in [4.69, 9.17) is 32.9 Å². The van der Waals surface area contributed by atoms with E-state index in [1.165, 1.54) is 6.07 Å². The third kappa shape index (κ3) is 4.55. The van der Waals surface area contributed by atoms with Crippen molar-refractivity contribution in [2.45, 2.75) is 70.2 Å². The van der Waals surface area contributed by atoms with Gasteiger partial charge in [-0.15, -0.1) is 0 Å². The molecule has 2 aromatic carbocycles. The van der Waals surface area contributed by atoms with Gasteiger partial charge in [-0.05, 0) is 88.4 Å². The maximum absolute atomic E-state index is 16.4. The maximum atomic E-state index is 16.4. The van der Waals surface area contributed by atoms with Gasteiger partial charge in [0.05, 0.1) is 44.3 Å². The third-order valence-electron chi connectivity index (χ3n) is 9.91. The number of aryl methyl sites for hydroxylation is 1. The molecule has 1 unspecified atom stereocenters. The highest BCUT2D eigenvalue weighted by molar-refractivity contribution is 6.44. The second-order valence-corrected chi connectivity index (χ2v) is 13.2. The molecule has 5 heterocycles. The van der Waals surface area contributed by atoms with Gasteiger partial charge < -0.3 is 19.7 Å². The first-order valence-corrected chi connectivity index (χ1v) is 15.8. The molecule has 2 N–H and O–H groups in total. The van der Waals surface area contributed by atoms with E-state index in [9.17, 15) is 10.4 Å². The molecule has 4 aromatic rings. The molecule has 7 nitrogen and oxygen atoms in total. The largest absolute Gasteiger partial charge is 0.508 e. The van der Waals surface area contributed by atoms with Crippen LogP contribution >= 0.6 is 23.2 Å². The fourth-order valence-electron chi connectivity index (χ4n) is 7.72. The Balaban J connectivity index is 1.51. The molecule has 0 spiro atoms. The van der Waals surface area contributed by atoms with Crippen molar-refractivity contribution in [2.24, 2.45) is 5.92 Å². The minimum atomic E-state index is -0.303. The number of aromatic hydroxyl groups is 1. The molecular weight excluding hydrogens is 588 g/mol. The molecule has 10 heteroatoms. The summed E-state index contributed by atoms with van der Waals surface area (Å²) in [6.45, 7) is 5.80. The quantitative estimate of drug-likeness (QED) is 0.227. The van der Waals surface area contributed by atoms with E-state index in [2.05, 4.69) is 27.9 Å². The Kier molecular flexibility index (Phi) is 7.21. The van der Waals surface area contributed by atoms with Crippen LogP contribution in [-0.2, 0) is 6.42 Å². The van der Waals surface area contributed by atoms with Gasteiger partial charge in [-0.2, -0.15) is 5.26 Å². The lowest BCUT2D eigenvalue weighted by Gasteiger charge is -2.37. The second-order valence-electron chi connectivity index (χ2n) is 12.4. The van der Waals surface area contributed by atoms with Gasteiger partial charge in [0, 0.05) is 42.1 Å². The fourth-order valence-corrected chi connectivity index (χ4v) is 8.14. The van der Waals surface area contributed by atoms with E-state index in [1.807, 2.05) is 26.0 Å². The predicted molar refractivity (Wildman–Crippen MR) is 168 cm³/mol. The van der Waals surface area contributed by atoms with Crippen molar-refractivity contribution in [1.82, 2.24) is 19.8 Å². The highest BCUT2D eigenvalue weighted by Crippen LogP contribution is 2.50. The van der Waals surface area contributed by atoms with Crippen LogP contribution in [0.15, 0.2) is 24.3 Å². The summed E-state index contributed by atoms with van der Waals surface area (Å²) in [6.07, 6.45) is 3.71. The highest BCUT2D eigenvalue weighted by Gasteiger charge is 2.49. The number of aromatic nitrogens is 2. The van der Waals surface area contributed by atoms with Gasteiger partial charge >= 0.3 is 0 Å². The molecule has 3 aliphatic heterocycles. The number of phenolic OH excluding ortho intramolecular Hbond substituents is 1. The van der Waals surface area contributed by atoms with E-state index in [-0.39, 0.29) is 47.1 Å². The number of fused-ring (bicyclic) bond motifs is 4. The van der Waals surface area contributed by atoms with Gasteiger partial charge in [-0.1, -0.05) is 23.2 Å². The Labute approximate surface area is 260 Å². The number of nitriles is 1. The number of pyridine rings is 1. The average molecular weight is 623 g/mol. The number of nitrogens with zero attached hydrogens (tertiary/aromatic N) is 4. The number of hydrogen-bond acceptors (Lipinski definition) is 6. The van der Waals surface area contributed by atoms with Crippen LogP contribution in [0.2, 0.25) is 10.0 Å². The maximum Gasteiger partial charge on any atom is 0.226 e. The van der Waals surface area contributed by atoms with Crippen LogP contribution in [0.1, 0.15) is 49.9 Å². The van der Waals surface area contributed by atoms with E-state index in [0.717, 1.165) is 48.8 Å². The van der Waals surface area contributed by atoms with Gasteiger partial charge in [0.25, 0.3) is 0 Å². The monoisotopic (exact) mass is 621 g/mol. The number of rotatable bonds is 7. The number of likely N-dealkylation sites (tertiary alicyclic amines) is 1. The first kappa shape index (κ1) is 28.7. The molecule has 1 saturated carbocycles. The number of ether oxygens (including phenoxy) is 1. The fraction of sp³-hybridized carbons (Fsp3) is 0.455. The standard InChI is InChI=1S/C33H34Cl2FN5O2/c1-16-30(36)28-32(41(16)31-19-11-26(31)38-15-19)23-10-18(6-4-8-37)21(22-12-20(42)13-24(34)29(22)35)14-25(23)39-33(28)43-17(2)27-7-5-9-40(27)3/h10,12-14,17,19,26-27,31,38,42H,4-7,9,11,15H2,1-3H3/t17?,19-,26-,27+,31+/m1/s1. The molecule has 224 valence electrons. The van der Waals surface area contributed by atoms with Gasteiger partial charge in [-0.3, -0.25) is 4.90 Å². The molecule has 4 fully saturated rings. The minimum Gasteiger partial charge on any atom is -0.508 e. The zero-order valence-corrected chi connectivity index (χ0v) is 25.9. The molecule has 4 aliphatic rings. The van der Waals surface area contributed by atoms with E-state index < -0.39 is 0 Å². The first-order valence-electron chi connectivity index (χ1n) is 15.0. The van der Waals surface area contributed by atoms with Crippen LogP contribution in [0.4, 0.5) is 4.39 Å². The van der Waals surface area contributed by atoms with E-state index in [0.29, 0.717) is 51.1 Å². The molecule has 43 heavy (non-hydrogen) atoms. The molecule has 2 bridgehead atoms. The zero-order chi connectivity index (χ0) is 30.2. The lowest BCUT2D eigenvalue weighted by Crippen LogP contribution is -2.39. The van der Waals surface area contributed by atoms with Crippen LogP contribution in [0.25, 0.3) is 32.9 Å². The number of benzene rings is 2. The summed E-state index contributed by atoms with van der Waals surface area (Å²) in [7, 11) is 2.10. The van der Waals surface area contributed by atoms with Crippen molar-refractivity contribution in [1.29, 1.82) is 5.26 Å². The minimum absolute atomic E-state index is 0.0165. The molecule has 5 atom stereocenters. The Hall–Kier alpha value is -3.09. The topological polar surface area (TPSA) is 86.3 Å². The van der Waals surface area contributed by atoms with Crippen molar-refractivity contribution in [2.75, 3.05) is 20.1 Å². The normalized spacial score (nSPS) is 24.0. The summed E-state index contributed by atoms with van der Waals surface area (Å²) >= 11 is 13.1.